The molecule has 2 heterocycles. The van der Waals surface area contributed by atoms with Gasteiger partial charge in [-0.25, -0.2) is 13.8 Å². The molecule has 22 heavy (non-hydrogen) atoms. The Kier molecular flexibility index (Phi) is 3.05. The topological polar surface area (TPSA) is 30.7 Å². The Morgan fingerprint density at radius 3 is 2.73 bits per heavy atom. The van der Waals surface area contributed by atoms with Crippen molar-refractivity contribution >= 4 is 11.6 Å². The van der Waals surface area contributed by atoms with Gasteiger partial charge in [-0.2, -0.15) is 5.10 Å². The molecule has 2 aliphatic carbocycles. The number of fused-ring (bicyclic) bond motifs is 1. The van der Waals surface area contributed by atoms with Crippen molar-refractivity contribution in [1.29, 1.82) is 0 Å². The second-order valence-electron chi connectivity index (χ2n) is 6.47. The zero-order valence-corrected chi connectivity index (χ0v) is 12.9. The average Bonchev–Trinajstić information content (AvgIpc) is 2.89. The highest BCUT2D eigenvalue weighted by Crippen LogP contribution is 2.65. The van der Waals surface area contributed by atoms with E-state index in [0.29, 0.717) is 30.5 Å². The van der Waals surface area contributed by atoms with Gasteiger partial charge in [0.15, 0.2) is 0 Å². The van der Waals surface area contributed by atoms with Crippen molar-refractivity contribution in [3.63, 3.8) is 0 Å². The first-order valence-corrected chi connectivity index (χ1v) is 7.86. The van der Waals surface area contributed by atoms with Crippen LogP contribution < -0.4 is 0 Å². The van der Waals surface area contributed by atoms with Crippen molar-refractivity contribution in [1.82, 2.24) is 14.8 Å². The summed E-state index contributed by atoms with van der Waals surface area (Å²) in [5, 5.41) is 4.80. The minimum atomic E-state index is -2.40. The molecule has 4 rings (SSSR count). The van der Waals surface area contributed by atoms with Crippen molar-refractivity contribution in [3.8, 4) is 11.1 Å². The summed E-state index contributed by atoms with van der Waals surface area (Å²) in [6.07, 6.45) is 4.89. The van der Waals surface area contributed by atoms with Crippen LogP contribution in [0.4, 0.5) is 8.78 Å². The molecule has 2 aromatic rings. The van der Waals surface area contributed by atoms with Gasteiger partial charge in [-0.15, -0.1) is 0 Å². The second kappa shape index (κ2) is 4.75. The van der Waals surface area contributed by atoms with E-state index < -0.39 is 5.92 Å². The van der Waals surface area contributed by atoms with Gasteiger partial charge in [-0.3, -0.25) is 4.68 Å². The molecule has 0 spiro atoms. The summed E-state index contributed by atoms with van der Waals surface area (Å²) in [5.41, 5.74) is 2.62. The third kappa shape index (κ3) is 2.22. The molecule has 3 nitrogen and oxygen atoms in total. The van der Waals surface area contributed by atoms with Crippen LogP contribution in [0.15, 0.2) is 24.5 Å². The van der Waals surface area contributed by atoms with Crippen molar-refractivity contribution in [2.24, 2.45) is 17.8 Å². The van der Waals surface area contributed by atoms with Crippen molar-refractivity contribution < 1.29 is 8.78 Å². The van der Waals surface area contributed by atoms with Crippen LogP contribution in [0.25, 0.3) is 11.1 Å². The molecule has 2 fully saturated rings. The molecule has 0 radical (unpaired) electrons. The van der Waals surface area contributed by atoms with Crippen LogP contribution in [0.5, 0.6) is 0 Å². The Morgan fingerprint density at radius 1 is 1.32 bits per heavy atom. The van der Waals surface area contributed by atoms with Gasteiger partial charge < -0.3 is 0 Å². The van der Waals surface area contributed by atoms with Gasteiger partial charge in [-0.1, -0.05) is 11.6 Å². The lowest BCUT2D eigenvalue weighted by atomic mass is 10.0. The van der Waals surface area contributed by atoms with E-state index in [-0.39, 0.29) is 11.8 Å². The number of halogens is 3. The summed E-state index contributed by atoms with van der Waals surface area (Å²) in [4.78, 5) is 4.24. The van der Waals surface area contributed by atoms with E-state index in [1.807, 2.05) is 29.9 Å². The molecule has 6 heteroatoms. The van der Waals surface area contributed by atoms with Crippen molar-refractivity contribution in [3.05, 3.63) is 35.4 Å². The minimum absolute atomic E-state index is 0.300. The molecule has 2 unspecified atom stereocenters. The molecule has 2 saturated carbocycles. The molecule has 0 saturated heterocycles. The highest BCUT2D eigenvalue weighted by Gasteiger charge is 2.71. The molecular weight excluding hydrogens is 308 g/mol. The van der Waals surface area contributed by atoms with Crippen molar-refractivity contribution in [2.45, 2.75) is 32.2 Å². The lowest BCUT2D eigenvalue weighted by Gasteiger charge is -2.13. The molecule has 2 atom stereocenters. The van der Waals surface area contributed by atoms with E-state index in [1.165, 1.54) is 0 Å². The van der Waals surface area contributed by atoms with Gasteiger partial charge in [0, 0.05) is 41.4 Å². The number of nitrogens with zero attached hydrogens (tertiary/aromatic N) is 3. The number of pyridine rings is 1. The predicted molar refractivity (Wildman–Crippen MR) is 79.9 cm³/mol. The Labute approximate surface area is 132 Å². The standard InChI is InChI=1S/C16H16ClF2N3/c1-9-2-3-12(15(17)21-9)11-6-20-22(8-11)7-10-4-13-14(5-10)16(13,18)19/h2-3,6,8,10,13-14H,4-5,7H2,1H3. The zero-order chi connectivity index (χ0) is 15.5. The molecule has 116 valence electrons. The van der Waals surface area contributed by atoms with Crippen molar-refractivity contribution in [2.75, 3.05) is 0 Å². The van der Waals surface area contributed by atoms with E-state index in [2.05, 4.69) is 10.1 Å². The largest absolute Gasteiger partial charge is 0.272 e. The fourth-order valence-corrected chi connectivity index (χ4v) is 3.98. The van der Waals surface area contributed by atoms with Gasteiger partial charge in [0.2, 0.25) is 0 Å². The summed E-state index contributed by atoms with van der Waals surface area (Å²) in [7, 11) is 0. The Bertz CT molecular complexity index is 714. The third-order valence-corrected chi connectivity index (χ3v) is 5.21. The van der Waals surface area contributed by atoms with E-state index in [0.717, 1.165) is 16.8 Å². The maximum atomic E-state index is 13.2. The van der Waals surface area contributed by atoms with Crippen LogP contribution >= 0.6 is 11.6 Å². The van der Waals surface area contributed by atoms with E-state index >= 15 is 0 Å². The van der Waals surface area contributed by atoms with Crippen LogP contribution in [0, 0.1) is 24.7 Å². The van der Waals surface area contributed by atoms with Crippen LogP contribution in [-0.2, 0) is 6.54 Å². The van der Waals surface area contributed by atoms with Crippen LogP contribution in [0.2, 0.25) is 5.15 Å². The molecule has 2 aromatic heterocycles. The van der Waals surface area contributed by atoms with E-state index in [4.69, 9.17) is 11.6 Å². The highest BCUT2D eigenvalue weighted by atomic mass is 35.5. The fraction of sp³-hybridized carbons (Fsp3) is 0.500. The summed E-state index contributed by atoms with van der Waals surface area (Å²) >= 11 is 6.17. The lowest BCUT2D eigenvalue weighted by molar-refractivity contribution is 0.0617. The number of hydrogen-bond donors (Lipinski definition) is 0. The number of alkyl halides is 2. The number of hydrogen-bond acceptors (Lipinski definition) is 2. The zero-order valence-electron chi connectivity index (χ0n) is 12.1. The van der Waals surface area contributed by atoms with E-state index in [9.17, 15) is 8.78 Å². The first-order chi connectivity index (χ1) is 10.4. The molecule has 0 aromatic carbocycles. The Balaban J connectivity index is 1.46. The number of aromatic nitrogens is 3. The molecule has 0 amide bonds. The summed E-state index contributed by atoms with van der Waals surface area (Å²) in [5.74, 6) is -2.87. The third-order valence-electron chi connectivity index (χ3n) is 4.92. The Morgan fingerprint density at radius 2 is 2.05 bits per heavy atom. The predicted octanol–water partition coefficient (Wildman–Crippen LogP) is 4.20. The summed E-state index contributed by atoms with van der Waals surface area (Å²) in [6, 6.07) is 3.84. The first kappa shape index (κ1) is 14.1. The summed E-state index contributed by atoms with van der Waals surface area (Å²) < 4.78 is 28.3. The van der Waals surface area contributed by atoms with E-state index in [1.54, 1.807) is 6.20 Å². The Hall–Kier alpha value is -1.49. The molecule has 0 bridgehead atoms. The van der Waals surface area contributed by atoms with Gasteiger partial charge in [0.25, 0.3) is 5.92 Å². The monoisotopic (exact) mass is 323 g/mol. The lowest BCUT2D eigenvalue weighted by Crippen LogP contribution is -2.14. The number of aryl methyl sites for hydroxylation is 1. The minimum Gasteiger partial charge on any atom is -0.272 e. The molecular formula is C16H16ClF2N3. The SMILES string of the molecule is Cc1ccc(-c2cnn(CC3CC4C(C3)C4(F)F)c2)c(Cl)n1. The first-order valence-electron chi connectivity index (χ1n) is 7.49. The van der Waals surface area contributed by atoms with Gasteiger partial charge >= 0.3 is 0 Å². The molecule has 0 N–H and O–H groups in total. The van der Waals surface area contributed by atoms with Crippen LogP contribution in [-0.4, -0.2) is 20.7 Å². The maximum Gasteiger partial charge on any atom is 0.254 e. The van der Waals surface area contributed by atoms with Gasteiger partial charge in [0.1, 0.15) is 5.15 Å². The van der Waals surface area contributed by atoms with Gasteiger partial charge in [0.05, 0.1) is 6.20 Å². The maximum absolute atomic E-state index is 13.2. The molecule has 0 aliphatic heterocycles. The summed E-state index contributed by atoms with van der Waals surface area (Å²) in [6.45, 7) is 2.58. The molecule has 2 aliphatic rings. The highest BCUT2D eigenvalue weighted by molar-refractivity contribution is 6.32. The average molecular weight is 324 g/mol. The van der Waals surface area contributed by atoms with Crippen LogP contribution in [0.3, 0.4) is 0 Å². The normalized spacial score (nSPS) is 28.6. The second-order valence-corrected chi connectivity index (χ2v) is 6.83. The number of rotatable bonds is 3. The van der Waals surface area contributed by atoms with Crippen LogP contribution in [0.1, 0.15) is 18.5 Å². The fourth-order valence-electron chi connectivity index (χ4n) is 3.67. The van der Waals surface area contributed by atoms with Gasteiger partial charge in [-0.05, 0) is 37.8 Å². The quantitative estimate of drug-likeness (QED) is 0.793. The smallest absolute Gasteiger partial charge is 0.254 e.